The Morgan fingerprint density at radius 3 is 2.44 bits per heavy atom. The SMILES string of the molecule is CCN(CCc1ccncc1)C(=O)C(=O)Nc1ccccc1C(C)C. The lowest BCUT2D eigenvalue weighted by Gasteiger charge is -2.21. The molecule has 0 saturated carbocycles. The van der Waals surface area contributed by atoms with Gasteiger partial charge in [-0.25, -0.2) is 0 Å². The van der Waals surface area contributed by atoms with Crippen molar-refractivity contribution in [3.8, 4) is 0 Å². The number of anilines is 1. The molecule has 5 heteroatoms. The molecular formula is C20H25N3O2. The van der Waals surface area contributed by atoms with E-state index in [1.165, 1.54) is 0 Å². The van der Waals surface area contributed by atoms with Gasteiger partial charge < -0.3 is 10.2 Å². The van der Waals surface area contributed by atoms with Crippen LogP contribution in [0.4, 0.5) is 5.69 Å². The maximum atomic E-state index is 12.5. The van der Waals surface area contributed by atoms with Crippen LogP contribution >= 0.6 is 0 Å². The topological polar surface area (TPSA) is 62.3 Å². The number of hydrogen-bond acceptors (Lipinski definition) is 3. The highest BCUT2D eigenvalue weighted by molar-refractivity contribution is 6.39. The van der Waals surface area contributed by atoms with Gasteiger partial charge in [0.2, 0.25) is 0 Å². The van der Waals surface area contributed by atoms with E-state index in [2.05, 4.69) is 24.1 Å². The largest absolute Gasteiger partial charge is 0.334 e. The standard InChI is InChI=1S/C20H25N3O2/c1-4-23(14-11-16-9-12-21-13-10-16)20(25)19(24)22-18-8-6-5-7-17(18)15(2)3/h5-10,12-13,15H,4,11,14H2,1-3H3,(H,22,24). The van der Waals surface area contributed by atoms with Crippen LogP contribution in [-0.4, -0.2) is 34.8 Å². The number of carbonyl (C=O) groups excluding carboxylic acids is 2. The van der Waals surface area contributed by atoms with Crippen molar-refractivity contribution in [2.45, 2.75) is 33.1 Å². The number of carbonyl (C=O) groups is 2. The van der Waals surface area contributed by atoms with Gasteiger partial charge >= 0.3 is 11.8 Å². The third kappa shape index (κ3) is 5.14. The Labute approximate surface area is 149 Å². The maximum absolute atomic E-state index is 12.5. The molecule has 1 aromatic carbocycles. The molecule has 25 heavy (non-hydrogen) atoms. The summed E-state index contributed by atoms with van der Waals surface area (Å²) in [5, 5.41) is 2.76. The van der Waals surface area contributed by atoms with Gasteiger partial charge in [-0.05, 0) is 48.6 Å². The second kappa shape index (κ2) is 8.97. The first-order chi connectivity index (χ1) is 12.0. The summed E-state index contributed by atoms with van der Waals surface area (Å²) in [5.41, 5.74) is 2.80. The molecule has 2 rings (SSSR count). The molecule has 0 aliphatic carbocycles. The molecular weight excluding hydrogens is 314 g/mol. The second-order valence-corrected chi connectivity index (χ2v) is 6.19. The molecule has 132 valence electrons. The Morgan fingerprint density at radius 1 is 1.12 bits per heavy atom. The number of amides is 2. The van der Waals surface area contributed by atoms with E-state index in [4.69, 9.17) is 0 Å². The fourth-order valence-corrected chi connectivity index (χ4v) is 2.65. The van der Waals surface area contributed by atoms with E-state index < -0.39 is 11.8 Å². The molecule has 0 spiro atoms. The van der Waals surface area contributed by atoms with Crippen LogP contribution in [0.5, 0.6) is 0 Å². The number of pyridine rings is 1. The molecule has 2 aromatic rings. The van der Waals surface area contributed by atoms with E-state index in [1.54, 1.807) is 17.3 Å². The zero-order valence-corrected chi connectivity index (χ0v) is 15.0. The van der Waals surface area contributed by atoms with E-state index in [0.717, 1.165) is 11.1 Å². The van der Waals surface area contributed by atoms with Gasteiger partial charge in [0.25, 0.3) is 0 Å². The van der Waals surface area contributed by atoms with Crippen LogP contribution < -0.4 is 5.32 Å². The van der Waals surface area contributed by atoms with Gasteiger partial charge in [0, 0.05) is 31.2 Å². The van der Waals surface area contributed by atoms with Crippen molar-refractivity contribution in [2.75, 3.05) is 18.4 Å². The number of nitrogens with one attached hydrogen (secondary N) is 1. The van der Waals surface area contributed by atoms with Crippen molar-refractivity contribution in [1.29, 1.82) is 0 Å². The summed E-state index contributed by atoms with van der Waals surface area (Å²) in [6, 6.07) is 11.4. The highest BCUT2D eigenvalue weighted by atomic mass is 16.2. The average molecular weight is 339 g/mol. The maximum Gasteiger partial charge on any atom is 0.313 e. The molecule has 0 aliphatic heterocycles. The molecule has 0 fully saturated rings. The van der Waals surface area contributed by atoms with Gasteiger partial charge in [0.05, 0.1) is 0 Å². The smallest absolute Gasteiger partial charge is 0.313 e. The molecule has 1 N–H and O–H groups in total. The summed E-state index contributed by atoms with van der Waals surface area (Å²) in [6.07, 6.45) is 4.14. The summed E-state index contributed by atoms with van der Waals surface area (Å²) in [7, 11) is 0. The third-order valence-corrected chi connectivity index (χ3v) is 4.11. The Kier molecular flexibility index (Phi) is 6.69. The Morgan fingerprint density at radius 2 is 1.80 bits per heavy atom. The Hall–Kier alpha value is -2.69. The number of aromatic nitrogens is 1. The molecule has 1 aromatic heterocycles. The van der Waals surface area contributed by atoms with Crippen LogP contribution in [0.2, 0.25) is 0 Å². The monoisotopic (exact) mass is 339 g/mol. The number of para-hydroxylation sites is 1. The first-order valence-electron chi connectivity index (χ1n) is 8.61. The van der Waals surface area contributed by atoms with Crippen molar-refractivity contribution in [1.82, 2.24) is 9.88 Å². The van der Waals surface area contributed by atoms with Crippen molar-refractivity contribution in [3.63, 3.8) is 0 Å². The van der Waals surface area contributed by atoms with Crippen LogP contribution in [0, 0.1) is 0 Å². The minimum Gasteiger partial charge on any atom is -0.334 e. The minimum atomic E-state index is -0.593. The lowest BCUT2D eigenvalue weighted by molar-refractivity contribution is -0.143. The zero-order chi connectivity index (χ0) is 18.2. The van der Waals surface area contributed by atoms with Crippen LogP contribution in [-0.2, 0) is 16.0 Å². The van der Waals surface area contributed by atoms with Gasteiger partial charge in [-0.2, -0.15) is 0 Å². The van der Waals surface area contributed by atoms with Crippen molar-refractivity contribution >= 4 is 17.5 Å². The predicted octanol–water partition coefficient (Wildman–Crippen LogP) is 3.23. The fourth-order valence-electron chi connectivity index (χ4n) is 2.65. The van der Waals surface area contributed by atoms with Crippen molar-refractivity contribution < 1.29 is 9.59 Å². The minimum absolute atomic E-state index is 0.264. The van der Waals surface area contributed by atoms with Crippen LogP contribution in [0.15, 0.2) is 48.8 Å². The third-order valence-electron chi connectivity index (χ3n) is 4.11. The van der Waals surface area contributed by atoms with Crippen molar-refractivity contribution in [3.05, 3.63) is 59.9 Å². The lowest BCUT2D eigenvalue weighted by Crippen LogP contribution is -2.40. The first kappa shape index (κ1) is 18.6. The summed E-state index contributed by atoms with van der Waals surface area (Å²) in [4.78, 5) is 30.4. The molecule has 0 atom stereocenters. The highest BCUT2D eigenvalue weighted by Gasteiger charge is 2.21. The van der Waals surface area contributed by atoms with E-state index >= 15 is 0 Å². The molecule has 2 amide bonds. The molecule has 0 saturated heterocycles. The van der Waals surface area contributed by atoms with E-state index in [-0.39, 0.29) is 5.92 Å². The summed E-state index contributed by atoms with van der Waals surface area (Å²) >= 11 is 0. The van der Waals surface area contributed by atoms with E-state index in [0.29, 0.717) is 25.2 Å². The van der Waals surface area contributed by atoms with E-state index in [1.807, 2.05) is 43.3 Å². The summed E-state index contributed by atoms with van der Waals surface area (Å²) in [6.45, 7) is 6.97. The molecule has 0 bridgehead atoms. The van der Waals surface area contributed by atoms with Crippen LogP contribution in [0.25, 0.3) is 0 Å². The molecule has 0 unspecified atom stereocenters. The Bertz CT molecular complexity index is 714. The first-order valence-corrected chi connectivity index (χ1v) is 8.61. The lowest BCUT2D eigenvalue weighted by atomic mass is 10.0. The highest BCUT2D eigenvalue weighted by Crippen LogP contribution is 2.23. The molecule has 1 heterocycles. The molecule has 0 radical (unpaired) electrons. The molecule has 0 aliphatic rings. The number of benzene rings is 1. The summed E-state index contributed by atoms with van der Waals surface area (Å²) < 4.78 is 0. The van der Waals surface area contributed by atoms with Gasteiger partial charge in [-0.1, -0.05) is 32.0 Å². The number of likely N-dealkylation sites (N-methyl/N-ethyl adjacent to an activating group) is 1. The zero-order valence-electron chi connectivity index (χ0n) is 15.0. The number of nitrogens with zero attached hydrogens (tertiary/aromatic N) is 2. The second-order valence-electron chi connectivity index (χ2n) is 6.19. The fraction of sp³-hybridized carbons (Fsp3) is 0.350. The van der Waals surface area contributed by atoms with Gasteiger partial charge in [-0.3, -0.25) is 14.6 Å². The normalized spacial score (nSPS) is 10.6. The summed E-state index contributed by atoms with van der Waals surface area (Å²) in [5.74, 6) is -0.833. The predicted molar refractivity (Wildman–Crippen MR) is 99.4 cm³/mol. The van der Waals surface area contributed by atoms with Crippen LogP contribution in [0.1, 0.15) is 37.8 Å². The van der Waals surface area contributed by atoms with Gasteiger partial charge in [-0.15, -0.1) is 0 Å². The average Bonchev–Trinajstić information content (AvgIpc) is 2.63. The number of rotatable bonds is 6. The van der Waals surface area contributed by atoms with E-state index in [9.17, 15) is 9.59 Å². The Balaban J connectivity index is 2.01. The van der Waals surface area contributed by atoms with Crippen LogP contribution in [0.3, 0.4) is 0 Å². The van der Waals surface area contributed by atoms with Gasteiger partial charge in [0.15, 0.2) is 0 Å². The number of hydrogen-bond donors (Lipinski definition) is 1. The molecule has 5 nitrogen and oxygen atoms in total. The van der Waals surface area contributed by atoms with Gasteiger partial charge in [0.1, 0.15) is 0 Å². The quantitative estimate of drug-likeness (QED) is 0.822. The van der Waals surface area contributed by atoms with Crippen molar-refractivity contribution in [2.24, 2.45) is 0 Å².